The lowest BCUT2D eigenvalue weighted by atomic mass is 9.94. The fourth-order valence-electron chi connectivity index (χ4n) is 3.34. The molecule has 1 aromatic carbocycles. The summed E-state index contributed by atoms with van der Waals surface area (Å²) in [7, 11) is 3.51. The van der Waals surface area contributed by atoms with E-state index in [1.54, 1.807) is 18.0 Å². The number of ether oxygens (including phenoxy) is 2. The van der Waals surface area contributed by atoms with Crippen LogP contribution < -0.4 is 10.1 Å². The van der Waals surface area contributed by atoms with Gasteiger partial charge in [-0.05, 0) is 30.5 Å². The van der Waals surface area contributed by atoms with Gasteiger partial charge in [0.1, 0.15) is 11.9 Å². The van der Waals surface area contributed by atoms with Gasteiger partial charge in [-0.25, -0.2) is 0 Å². The van der Waals surface area contributed by atoms with Gasteiger partial charge in [-0.15, -0.1) is 0 Å². The Morgan fingerprint density at radius 1 is 1.44 bits per heavy atom. The van der Waals surface area contributed by atoms with Crippen molar-refractivity contribution in [1.82, 2.24) is 15.1 Å². The van der Waals surface area contributed by atoms with Crippen LogP contribution in [0.2, 0.25) is 0 Å². The molecule has 3 rings (SSSR count). The second-order valence-corrected chi connectivity index (χ2v) is 6.38. The monoisotopic (exact) mass is 343 g/mol. The lowest BCUT2D eigenvalue weighted by Crippen LogP contribution is -2.39. The largest absolute Gasteiger partial charge is 0.497 e. The molecule has 134 valence electrons. The third-order valence-corrected chi connectivity index (χ3v) is 4.72. The van der Waals surface area contributed by atoms with Crippen LogP contribution >= 0.6 is 0 Å². The number of aromatic nitrogens is 2. The number of benzene rings is 1. The Balaban J connectivity index is 1.70. The highest BCUT2D eigenvalue weighted by molar-refractivity contribution is 5.84. The second-order valence-electron chi connectivity index (χ2n) is 6.38. The molecule has 1 fully saturated rings. The fourth-order valence-corrected chi connectivity index (χ4v) is 3.34. The number of nitrogens with zero attached hydrogens (tertiary/aromatic N) is 2. The zero-order valence-corrected chi connectivity index (χ0v) is 14.9. The van der Waals surface area contributed by atoms with Crippen molar-refractivity contribution >= 4 is 5.91 Å². The number of nitrogens with one attached hydrogen (secondary N) is 1. The molecule has 2 heterocycles. The Kier molecular flexibility index (Phi) is 5.38. The molecule has 0 bridgehead atoms. The number of carbonyl (C=O) groups excluding carboxylic acids is 1. The third kappa shape index (κ3) is 3.85. The minimum absolute atomic E-state index is 0.0241. The standard InChI is InChI=1S/C19H25N3O3/c1-4-16(13-5-7-15(24-3)8-6-13)19(23)21-17-9-10-25-18(17)14-11-20-22(2)12-14/h5-8,11-12,16-18H,4,9-10H2,1-3H3,(H,21,23)/t16-,17-,18+/m0/s1. The van der Waals surface area contributed by atoms with Crippen molar-refractivity contribution < 1.29 is 14.3 Å². The van der Waals surface area contributed by atoms with E-state index in [-0.39, 0.29) is 24.0 Å². The molecular weight excluding hydrogens is 318 g/mol. The molecule has 1 aromatic heterocycles. The predicted octanol–water partition coefficient (Wildman–Crippen LogP) is 2.57. The summed E-state index contributed by atoms with van der Waals surface area (Å²) in [6.07, 6.45) is 5.16. The van der Waals surface area contributed by atoms with Crippen LogP contribution in [0, 0.1) is 0 Å². The first-order valence-corrected chi connectivity index (χ1v) is 8.66. The van der Waals surface area contributed by atoms with Gasteiger partial charge in [0.15, 0.2) is 0 Å². The maximum absolute atomic E-state index is 12.8. The summed E-state index contributed by atoms with van der Waals surface area (Å²) in [6.45, 7) is 2.67. The highest BCUT2D eigenvalue weighted by atomic mass is 16.5. The van der Waals surface area contributed by atoms with E-state index in [1.807, 2.05) is 44.4 Å². The maximum atomic E-state index is 12.8. The predicted molar refractivity (Wildman–Crippen MR) is 94.5 cm³/mol. The van der Waals surface area contributed by atoms with Gasteiger partial charge in [-0.1, -0.05) is 19.1 Å². The average molecular weight is 343 g/mol. The minimum atomic E-state index is -0.180. The Morgan fingerprint density at radius 2 is 2.20 bits per heavy atom. The van der Waals surface area contributed by atoms with E-state index in [9.17, 15) is 4.79 Å². The Morgan fingerprint density at radius 3 is 2.80 bits per heavy atom. The van der Waals surface area contributed by atoms with E-state index in [1.165, 1.54) is 0 Å². The van der Waals surface area contributed by atoms with Crippen LogP contribution in [0.25, 0.3) is 0 Å². The van der Waals surface area contributed by atoms with Gasteiger partial charge in [0, 0.05) is 25.4 Å². The van der Waals surface area contributed by atoms with Crippen molar-refractivity contribution in [3.05, 3.63) is 47.8 Å². The lowest BCUT2D eigenvalue weighted by Gasteiger charge is -2.22. The highest BCUT2D eigenvalue weighted by Gasteiger charge is 2.33. The third-order valence-electron chi connectivity index (χ3n) is 4.72. The van der Waals surface area contributed by atoms with E-state index in [2.05, 4.69) is 10.4 Å². The highest BCUT2D eigenvalue weighted by Crippen LogP contribution is 2.30. The zero-order chi connectivity index (χ0) is 17.8. The molecule has 2 aromatic rings. The molecule has 1 N–H and O–H groups in total. The summed E-state index contributed by atoms with van der Waals surface area (Å²) >= 11 is 0. The number of methoxy groups -OCH3 is 1. The molecule has 6 heteroatoms. The van der Waals surface area contributed by atoms with E-state index in [0.717, 1.165) is 29.7 Å². The number of rotatable bonds is 6. The molecule has 0 aliphatic carbocycles. The molecule has 1 aliphatic heterocycles. The molecule has 0 saturated carbocycles. The van der Waals surface area contributed by atoms with Gasteiger partial charge in [-0.2, -0.15) is 5.10 Å². The topological polar surface area (TPSA) is 65.4 Å². The molecule has 1 saturated heterocycles. The molecule has 6 nitrogen and oxygen atoms in total. The molecular formula is C19H25N3O3. The molecule has 25 heavy (non-hydrogen) atoms. The van der Waals surface area contributed by atoms with Gasteiger partial charge < -0.3 is 14.8 Å². The van der Waals surface area contributed by atoms with Crippen LogP contribution in [0.15, 0.2) is 36.7 Å². The first-order valence-electron chi connectivity index (χ1n) is 8.66. The molecule has 0 spiro atoms. The van der Waals surface area contributed by atoms with E-state index >= 15 is 0 Å². The van der Waals surface area contributed by atoms with Gasteiger partial charge in [0.25, 0.3) is 0 Å². The van der Waals surface area contributed by atoms with Crippen LogP contribution in [0.1, 0.15) is 42.9 Å². The summed E-state index contributed by atoms with van der Waals surface area (Å²) in [5.41, 5.74) is 2.00. The van der Waals surface area contributed by atoms with Gasteiger partial charge in [-0.3, -0.25) is 9.48 Å². The lowest BCUT2D eigenvalue weighted by molar-refractivity contribution is -0.123. The first-order chi connectivity index (χ1) is 12.1. The Labute approximate surface area is 148 Å². The van der Waals surface area contributed by atoms with Crippen molar-refractivity contribution in [1.29, 1.82) is 0 Å². The van der Waals surface area contributed by atoms with E-state index in [0.29, 0.717) is 6.61 Å². The van der Waals surface area contributed by atoms with Crippen LogP contribution in [0.5, 0.6) is 5.75 Å². The summed E-state index contributed by atoms with van der Waals surface area (Å²) in [6, 6.07) is 7.67. The molecule has 1 aliphatic rings. The summed E-state index contributed by atoms with van der Waals surface area (Å²) < 4.78 is 12.8. The molecule has 0 radical (unpaired) electrons. The van der Waals surface area contributed by atoms with Crippen LogP contribution in [0.3, 0.4) is 0 Å². The minimum Gasteiger partial charge on any atom is -0.497 e. The zero-order valence-electron chi connectivity index (χ0n) is 14.9. The molecule has 1 amide bonds. The number of amides is 1. The van der Waals surface area contributed by atoms with E-state index < -0.39 is 0 Å². The van der Waals surface area contributed by atoms with Gasteiger partial charge in [0.05, 0.1) is 25.3 Å². The number of carbonyl (C=O) groups is 1. The molecule has 3 atom stereocenters. The Hall–Kier alpha value is -2.34. The van der Waals surface area contributed by atoms with Crippen LogP contribution in [-0.2, 0) is 16.6 Å². The summed E-state index contributed by atoms with van der Waals surface area (Å²) in [5, 5.41) is 7.38. The van der Waals surface area contributed by atoms with Crippen molar-refractivity contribution in [2.24, 2.45) is 7.05 Å². The van der Waals surface area contributed by atoms with Gasteiger partial charge in [0.2, 0.25) is 5.91 Å². The quantitative estimate of drug-likeness (QED) is 0.875. The number of hydrogen-bond acceptors (Lipinski definition) is 4. The maximum Gasteiger partial charge on any atom is 0.227 e. The van der Waals surface area contributed by atoms with Crippen LogP contribution in [-0.4, -0.2) is 35.4 Å². The summed E-state index contributed by atoms with van der Waals surface area (Å²) in [4.78, 5) is 12.8. The number of aryl methyl sites for hydroxylation is 1. The SMILES string of the molecule is CC[C@H](C(=O)N[C@H]1CCO[C@@H]1c1cnn(C)c1)c1ccc(OC)cc1. The first kappa shape index (κ1) is 17.5. The smallest absolute Gasteiger partial charge is 0.227 e. The van der Waals surface area contributed by atoms with Crippen molar-refractivity contribution in [2.45, 2.75) is 37.8 Å². The second kappa shape index (κ2) is 7.70. The van der Waals surface area contributed by atoms with Crippen molar-refractivity contribution in [3.63, 3.8) is 0 Å². The fraction of sp³-hybridized carbons (Fsp3) is 0.474. The van der Waals surface area contributed by atoms with Crippen molar-refractivity contribution in [3.8, 4) is 5.75 Å². The molecule has 0 unspecified atom stereocenters. The normalized spacial score (nSPS) is 21.1. The Bertz CT molecular complexity index is 711. The number of hydrogen-bond donors (Lipinski definition) is 1. The van der Waals surface area contributed by atoms with Crippen molar-refractivity contribution in [2.75, 3.05) is 13.7 Å². The van der Waals surface area contributed by atoms with E-state index in [4.69, 9.17) is 9.47 Å². The average Bonchev–Trinajstić information content (AvgIpc) is 3.25. The van der Waals surface area contributed by atoms with Gasteiger partial charge >= 0.3 is 0 Å². The summed E-state index contributed by atoms with van der Waals surface area (Å²) in [5.74, 6) is 0.651. The van der Waals surface area contributed by atoms with Crippen LogP contribution in [0.4, 0.5) is 0 Å².